The second-order valence-electron chi connectivity index (χ2n) is 5.71. The van der Waals surface area contributed by atoms with E-state index in [1.54, 1.807) is 36.4 Å². The van der Waals surface area contributed by atoms with E-state index in [1.165, 1.54) is 6.42 Å². The molecule has 5 heteroatoms. The molecule has 1 fully saturated rings. The summed E-state index contributed by atoms with van der Waals surface area (Å²) >= 11 is 5.91. The first-order chi connectivity index (χ1) is 11.1. The molecule has 0 aliphatic carbocycles. The fourth-order valence-electron chi connectivity index (χ4n) is 2.83. The molecule has 0 bridgehead atoms. The van der Waals surface area contributed by atoms with Gasteiger partial charge >= 0.3 is 0 Å². The fraction of sp³-hybridized carbons (Fsp3) is 0.278. The van der Waals surface area contributed by atoms with Gasteiger partial charge in [0.25, 0.3) is 5.91 Å². The summed E-state index contributed by atoms with van der Waals surface area (Å²) in [5.41, 5.74) is 1.81. The van der Waals surface area contributed by atoms with E-state index in [2.05, 4.69) is 10.2 Å². The highest BCUT2D eigenvalue weighted by atomic mass is 35.5. The third-order valence-electron chi connectivity index (χ3n) is 4.03. The van der Waals surface area contributed by atoms with E-state index in [-0.39, 0.29) is 17.2 Å². The van der Waals surface area contributed by atoms with Crippen LogP contribution in [0.15, 0.2) is 42.5 Å². The van der Waals surface area contributed by atoms with Gasteiger partial charge in [-0.1, -0.05) is 17.7 Å². The molecule has 3 rings (SSSR count). The average molecular weight is 331 g/mol. The van der Waals surface area contributed by atoms with Crippen LogP contribution < -0.4 is 10.2 Å². The van der Waals surface area contributed by atoms with E-state index in [0.29, 0.717) is 10.7 Å². The predicted octanol–water partition coefficient (Wildman–Crippen LogP) is 4.29. The maximum absolute atomic E-state index is 12.3. The molecule has 2 aromatic carbocycles. The summed E-state index contributed by atoms with van der Waals surface area (Å²) in [6.45, 7) is 1.99. The summed E-state index contributed by atoms with van der Waals surface area (Å²) in [6, 6.07) is 12.1. The molecule has 1 saturated heterocycles. The maximum atomic E-state index is 12.3. The summed E-state index contributed by atoms with van der Waals surface area (Å²) in [5, 5.41) is 13.5. The summed E-state index contributed by atoms with van der Waals surface area (Å²) in [7, 11) is 0. The number of carbonyl (C=O) groups excluding carboxylic acids is 1. The third kappa shape index (κ3) is 3.77. The number of hydrogen-bond donors (Lipinski definition) is 2. The predicted molar refractivity (Wildman–Crippen MR) is 93.6 cm³/mol. The molecule has 0 unspecified atom stereocenters. The Morgan fingerprint density at radius 2 is 1.87 bits per heavy atom. The third-order valence-corrected chi connectivity index (χ3v) is 4.26. The van der Waals surface area contributed by atoms with Gasteiger partial charge in [0.1, 0.15) is 5.75 Å². The van der Waals surface area contributed by atoms with Crippen molar-refractivity contribution in [3.8, 4) is 5.75 Å². The van der Waals surface area contributed by atoms with E-state index in [4.69, 9.17) is 11.6 Å². The first-order valence-electron chi connectivity index (χ1n) is 7.78. The molecule has 1 heterocycles. The summed E-state index contributed by atoms with van der Waals surface area (Å²) in [5.74, 6) is -0.359. The quantitative estimate of drug-likeness (QED) is 0.882. The van der Waals surface area contributed by atoms with Gasteiger partial charge in [0.2, 0.25) is 0 Å². The van der Waals surface area contributed by atoms with Crippen LogP contribution in [-0.2, 0) is 0 Å². The summed E-state index contributed by atoms with van der Waals surface area (Å²) in [6.07, 6.45) is 3.58. The Balaban J connectivity index is 1.75. The molecule has 1 aliphatic rings. The molecule has 0 saturated carbocycles. The van der Waals surface area contributed by atoms with Crippen molar-refractivity contribution in [2.45, 2.75) is 19.3 Å². The van der Waals surface area contributed by atoms with E-state index < -0.39 is 0 Å². The minimum absolute atomic E-state index is 0.00685. The van der Waals surface area contributed by atoms with Crippen LogP contribution in [0.2, 0.25) is 5.02 Å². The molecule has 2 N–H and O–H groups in total. The molecule has 4 nitrogen and oxygen atoms in total. The lowest BCUT2D eigenvalue weighted by Crippen LogP contribution is -2.29. The molecule has 1 aliphatic heterocycles. The number of anilines is 2. The van der Waals surface area contributed by atoms with Crippen molar-refractivity contribution in [2.75, 3.05) is 23.3 Å². The number of rotatable bonds is 3. The van der Waals surface area contributed by atoms with Crippen LogP contribution in [-0.4, -0.2) is 24.1 Å². The van der Waals surface area contributed by atoms with Crippen molar-refractivity contribution in [3.63, 3.8) is 0 Å². The number of piperidine rings is 1. The van der Waals surface area contributed by atoms with Crippen LogP contribution >= 0.6 is 11.6 Å². The lowest BCUT2D eigenvalue weighted by molar-refractivity contribution is 0.102. The number of aromatic hydroxyl groups is 1. The van der Waals surface area contributed by atoms with Gasteiger partial charge in [0.15, 0.2) is 0 Å². The Morgan fingerprint density at radius 3 is 2.57 bits per heavy atom. The molecule has 0 atom stereocenters. The number of amides is 1. The van der Waals surface area contributed by atoms with Crippen LogP contribution in [0.3, 0.4) is 0 Å². The van der Waals surface area contributed by atoms with Gasteiger partial charge in [-0.25, -0.2) is 0 Å². The highest BCUT2D eigenvalue weighted by Gasteiger charge is 2.16. The van der Waals surface area contributed by atoms with Crippen molar-refractivity contribution in [1.82, 2.24) is 0 Å². The van der Waals surface area contributed by atoms with Gasteiger partial charge in [-0.2, -0.15) is 0 Å². The lowest BCUT2D eigenvalue weighted by Gasteiger charge is -2.29. The van der Waals surface area contributed by atoms with Crippen molar-refractivity contribution >= 4 is 28.9 Å². The Labute approximate surface area is 140 Å². The maximum Gasteiger partial charge on any atom is 0.259 e. The second kappa shape index (κ2) is 6.92. The molecule has 120 valence electrons. The van der Waals surface area contributed by atoms with Crippen molar-refractivity contribution < 1.29 is 9.90 Å². The SMILES string of the molecule is O=C(Nc1cccc(Cl)c1)c1ccc(N2CCCCC2)cc1O. The number of halogens is 1. The molecule has 1 amide bonds. The zero-order chi connectivity index (χ0) is 16.2. The monoisotopic (exact) mass is 330 g/mol. The van der Waals surface area contributed by atoms with Crippen molar-refractivity contribution in [1.29, 1.82) is 0 Å². The molecular formula is C18H19ClN2O2. The van der Waals surface area contributed by atoms with Gasteiger partial charge in [0, 0.05) is 35.6 Å². The number of hydrogen-bond acceptors (Lipinski definition) is 3. The van der Waals surface area contributed by atoms with Crippen LogP contribution in [0.1, 0.15) is 29.6 Å². The molecule has 0 radical (unpaired) electrons. The molecule has 23 heavy (non-hydrogen) atoms. The highest BCUT2D eigenvalue weighted by molar-refractivity contribution is 6.31. The Hall–Kier alpha value is -2.20. The highest BCUT2D eigenvalue weighted by Crippen LogP contribution is 2.27. The van der Waals surface area contributed by atoms with Crippen LogP contribution in [0, 0.1) is 0 Å². The van der Waals surface area contributed by atoms with Gasteiger partial charge < -0.3 is 15.3 Å². The van der Waals surface area contributed by atoms with E-state index >= 15 is 0 Å². The van der Waals surface area contributed by atoms with E-state index in [0.717, 1.165) is 31.6 Å². The smallest absolute Gasteiger partial charge is 0.259 e. The Bertz CT molecular complexity index is 712. The summed E-state index contributed by atoms with van der Waals surface area (Å²) < 4.78 is 0. The molecule has 2 aromatic rings. The van der Waals surface area contributed by atoms with Crippen LogP contribution in [0.25, 0.3) is 0 Å². The number of nitrogens with zero attached hydrogens (tertiary/aromatic N) is 1. The minimum Gasteiger partial charge on any atom is -0.507 e. The van der Waals surface area contributed by atoms with Crippen LogP contribution in [0.4, 0.5) is 11.4 Å². The first-order valence-corrected chi connectivity index (χ1v) is 8.16. The van der Waals surface area contributed by atoms with E-state index in [1.807, 2.05) is 6.07 Å². The molecule has 0 aromatic heterocycles. The standard InChI is InChI=1S/C18H19ClN2O2/c19-13-5-4-6-14(11-13)20-18(23)16-8-7-15(12-17(16)22)21-9-2-1-3-10-21/h4-8,11-12,22H,1-3,9-10H2,(H,20,23). The number of benzene rings is 2. The average Bonchev–Trinajstić information content (AvgIpc) is 2.55. The second-order valence-corrected chi connectivity index (χ2v) is 6.15. The number of phenolic OH excluding ortho intramolecular Hbond substituents is 1. The van der Waals surface area contributed by atoms with E-state index in [9.17, 15) is 9.90 Å². The van der Waals surface area contributed by atoms with Crippen molar-refractivity contribution in [2.24, 2.45) is 0 Å². The van der Waals surface area contributed by atoms with Gasteiger partial charge in [0.05, 0.1) is 5.56 Å². The van der Waals surface area contributed by atoms with Gasteiger partial charge in [-0.3, -0.25) is 4.79 Å². The topological polar surface area (TPSA) is 52.6 Å². The van der Waals surface area contributed by atoms with Crippen LogP contribution in [0.5, 0.6) is 5.75 Å². The lowest BCUT2D eigenvalue weighted by atomic mass is 10.1. The Morgan fingerprint density at radius 1 is 1.09 bits per heavy atom. The Kier molecular flexibility index (Phi) is 4.72. The number of phenols is 1. The molecular weight excluding hydrogens is 312 g/mol. The fourth-order valence-corrected chi connectivity index (χ4v) is 3.02. The summed E-state index contributed by atoms with van der Waals surface area (Å²) in [4.78, 5) is 14.5. The van der Waals surface area contributed by atoms with Gasteiger partial charge in [-0.15, -0.1) is 0 Å². The zero-order valence-corrected chi connectivity index (χ0v) is 13.5. The van der Waals surface area contributed by atoms with Gasteiger partial charge in [-0.05, 0) is 49.6 Å². The number of nitrogens with one attached hydrogen (secondary N) is 1. The largest absolute Gasteiger partial charge is 0.507 e. The molecule has 0 spiro atoms. The van der Waals surface area contributed by atoms with Crippen molar-refractivity contribution in [3.05, 3.63) is 53.1 Å². The normalized spacial score (nSPS) is 14.6. The number of carbonyl (C=O) groups is 1. The zero-order valence-electron chi connectivity index (χ0n) is 12.8. The minimum atomic E-state index is -0.352. The first kappa shape index (κ1) is 15.7.